The highest BCUT2D eigenvalue weighted by molar-refractivity contribution is 5.94. The minimum atomic E-state index is -0.380. The van der Waals surface area contributed by atoms with Crippen LogP contribution in [0.25, 0.3) is 0 Å². The fourth-order valence-electron chi connectivity index (χ4n) is 2.66. The molecule has 0 spiro atoms. The Bertz CT molecular complexity index is 564. The monoisotopic (exact) mass is 306 g/mol. The van der Waals surface area contributed by atoms with Gasteiger partial charge in [-0.05, 0) is 31.0 Å². The van der Waals surface area contributed by atoms with E-state index >= 15 is 0 Å². The molecule has 1 heterocycles. The van der Waals surface area contributed by atoms with Crippen molar-refractivity contribution in [3.8, 4) is 0 Å². The van der Waals surface area contributed by atoms with E-state index in [1.54, 1.807) is 12.1 Å². The average molecular weight is 306 g/mol. The molecule has 1 aliphatic heterocycles. The minimum absolute atomic E-state index is 0.144. The number of carbonyl (C=O) groups excluding carboxylic acids is 2. The summed E-state index contributed by atoms with van der Waals surface area (Å²) in [5, 5.41) is 0. The van der Waals surface area contributed by atoms with Crippen molar-refractivity contribution < 1.29 is 14.0 Å². The second-order valence-corrected chi connectivity index (χ2v) is 6.19. The molecule has 4 nitrogen and oxygen atoms in total. The van der Waals surface area contributed by atoms with Crippen LogP contribution in [-0.4, -0.2) is 42.8 Å². The highest BCUT2D eigenvalue weighted by atomic mass is 19.1. The number of carbonyl (C=O) groups is 2. The fraction of sp³-hybridized carbons (Fsp3) is 0.529. The number of hydrogen-bond donors (Lipinski definition) is 0. The SMILES string of the molecule is CC(=O)c1ccc(N2CCN(C(=O)CC(C)C)CC2)c(F)c1. The van der Waals surface area contributed by atoms with Gasteiger partial charge in [0.25, 0.3) is 0 Å². The van der Waals surface area contributed by atoms with E-state index in [9.17, 15) is 14.0 Å². The molecule has 0 aromatic heterocycles. The molecule has 120 valence electrons. The molecule has 22 heavy (non-hydrogen) atoms. The molecule has 0 saturated carbocycles. The molecule has 0 radical (unpaired) electrons. The van der Waals surface area contributed by atoms with E-state index in [0.717, 1.165) is 0 Å². The van der Waals surface area contributed by atoms with Gasteiger partial charge in [0.1, 0.15) is 5.82 Å². The van der Waals surface area contributed by atoms with Crippen LogP contribution in [0.15, 0.2) is 18.2 Å². The maximum absolute atomic E-state index is 14.1. The predicted octanol–water partition coefficient (Wildman–Crippen LogP) is 2.72. The summed E-state index contributed by atoms with van der Waals surface area (Å²) in [6, 6.07) is 4.59. The van der Waals surface area contributed by atoms with Crippen LogP contribution >= 0.6 is 0 Å². The van der Waals surface area contributed by atoms with Gasteiger partial charge in [-0.1, -0.05) is 13.8 Å². The van der Waals surface area contributed by atoms with Crippen LogP contribution in [0.1, 0.15) is 37.6 Å². The van der Waals surface area contributed by atoms with Gasteiger partial charge in [0.05, 0.1) is 5.69 Å². The number of ketones is 1. The first-order valence-electron chi connectivity index (χ1n) is 7.71. The molecule has 5 heteroatoms. The van der Waals surface area contributed by atoms with E-state index in [-0.39, 0.29) is 17.5 Å². The first-order valence-corrected chi connectivity index (χ1v) is 7.71. The van der Waals surface area contributed by atoms with Crippen molar-refractivity contribution in [1.82, 2.24) is 4.90 Å². The summed E-state index contributed by atoms with van der Waals surface area (Å²) >= 11 is 0. The Morgan fingerprint density at radius 3 is 2.32 bits per heavy atom. The van der Waals surface area contributed by atoms with Crippen molar-refractivity contribution in [3.05, 3.63) is 29.6 Å². The molecular formula is C17H23FN2O2. The molecule has 1 aromatic carbocycles. The quantitative estimate of drug-likeness (QED) is 0.803. The van der Waals surface area contributed by atoms with E-state index in [0.29, 0.717) is 49.8 Å². The largest absolute Gasteiger partial charge is 0.366 e. The number of anilines is 1. The van der Waals surface area contributed by atoms with Crippen LogP contribution in [0, 0.1) is 11.7 Å². The van der Waals surface area contributed by atoms with Crippen LogP contribution in [-0.2, 0) is 4.79 Å². The number of amides is 1. The van der Waals surface area contributed by atoms with Crippen molar-refractivity contribution in [1.29, 1.82) is 0 Å². The van der Waals surface area contributed by atoms with Crippen molar-refractivity contribution in [3.63, 3.8) is 0 Å². The summed E-state index contributed by atoms with van der Waals surface area (Å²) in [7, 11) is 0. The summed E-state index contributed by atoms with van der Waals surface area (Å²) in [5.74, 6) is -0.00615. The maximum atomic E-state index is 14.1. The molecule has 1 amide bonds. The number of rotatable bonds is 4. The lowest BCUT2D eigenvalue weighted by atomic mass is 10.1. The van der Waals surface area contributed by atoms with Crippen LogP contribution < -0.4 is 4.90 Å². The van der Waals surface area contributed by atoms with E-state index in [4.69, 9.17) is 0 Å². The molecular weight excluding hydrogens is 283 g/mol. The Labute approximate surface area is 130 Å². The zero-order chi connectivity index (χ0) is 16.3. The van der Waals surface area contributed by atoms with Gasteiger partial charge < -0.3 is 9.80 Å². The summed E-state index contributed by atoms with van der Waals surface area (Å²) in [6.45, 7) is 7.92. The molecule has 0 N–H and O–H groups in total. The highest BCUT2D eigenvalue weighted by Crippen LogP contribution is 2.22. The third-order valence-corrected chi connectivity index (χ3v) is 3.91. The lowest BCUT2D eigenvalue weighted by Gasteiger charge is -2.36. The molecule has 0 bridgehead atoms. The first kappa shape index (κ1) is 16.5. The Morgan fingerprint density at radius 1 is 1.18 bits per heavy atom. The van der Waals surface area contributed by atoms with Gasteiger partial charge in [-0.3, -0.25) is 9.59 Å². The number of nitrogens with zero attached hydrogens (tertiary/aromatic N) is 2. The second kappa shape index (κ2) is 6.90. The predicted molar refractivity (Wildman–Crippen MR) is 84.7 cm³/mol. The van der Waals surface area contributed by atoms with E-state index in [1.807, 2.05) is 23.6 Å². The molecule has 1 fully saturated rings. The Balaban J connectivity index is 2.00. The average Bonchev–Trinajstić information content (AvgIpc) is 2.46. The van der Waals surface area contributed by atoms with Gasteiger partial charge in [0.15, 0.2) is 5.78 Å². The Hall–Kier alpha value is -1.91. The lowest BCUT2D eigenvalue weighted by molar-refractivity contribution is -0.132. The van der Waals surface area contributed by atoms with Crippen molar-refractivity contribution in [2.45, 2.75) is 27.2 Å². The van der Waals surface area contributed by atoms with Gasteiger partial charge in [-0.2, -0.15) is 0 Å². The van der Waals surface area contributed by atoms with Gasteiger partial charge in [0.2, 0.25) is 5.91 Å². The van der Waals surface area contributed by atoms with E-state index in [1.165, 1.54) is 13.0 Å². The molecule has 1 aromatic rings. The standard InChI is InChI=1S/C17H23FN2O2/c1-12(2)10-17(22)20-8-6-19(7-9-20)16-5-4-14(13(3)21)11-15(16)18/h4-5,11-12H,6-10H2,1-3H3. The van der Waals surface area contributed by atoms with Gasteiger partial charge in [0, 0.05) is 38.2 Å². The smallest absolute Gasteiger partial charge is 0.222 e. The number of piperazine rings is 1. The Kier molecular flexibility index (Phi) is 5.16. The molecule has 0 unspecified atom stereocenters. The minimum Gasteiger partial charge on any atom is -0.366 e. The van der Waals surface area contributed by atoms with Crippen LogP contribution in [0.2, 0.25) is 0 Å². The maximum Gasteiger partial charge on any atom is 0.222 e. The number of benzene rings is 1. The Morgan fingerprint density at radius 2 is 1.82 bits per heavy atom. The summed E-state index contributed by atoms with van der Waals surface area (Å²) in [5.41, 5.74) is 0.882. The topological polar surface area (TPSA) is 40.6 Å². The van der Waals surface area contributed by atoms with Crippen LogP contribution in [0.4, 0.5) is 10.1 Å². The third-order valence-electron chi connectivity index (χ3n) is 3.91. The van der Waals surface area contributed by atoms with Gasteiger partial charge in [-0.25, -0.2) is 4.39 Å². The molecule has 0 aliphatic carbocycles. The molecule has 1 saturated heterocycles. The third kappa shape index (κ3) is 3.84. The van der Waals surface area contributed by atoms with Gasteiger partial charge in [-0.15, -0.1) is 0 Å². The summed E-state index contributed by atoms with van der Waals surface area (Å²) < 4.78 is 14.1. The molecule has 0 atom stereocenters. The zero-order valence-electron chi connectivity index (χ0n) is 13.4. The number of Topliss-reactive ketones (excluding diaryl/α,β-unsaturated/α-hetero) is 1. The second-order valence-electron chi connectivity index (χ2n) is 6.19. The lowest BCUT2D eigenvalue weighted by Crippen LogP contribution is -2.49. The van der Waals surface area contributed by atoms with Crippen LogP contribution in [0.3, 0.4) is 0 Å². The highest BCUT2D eigenvalue weighted by Gasteiger charge is 2.23. The van der Waals surface area contributed by atoms with Crippen molar-refractivity contribution in [2.75, 3.05) is 31.1 Å². The van der Waals surface area contributed by atoms with Crippen LogP contribution in [0.5, 0.6) is 0 Å². The summed E-state index contributed by atoms with van der Waals surface area (Å²) in [6.07, 6.45) is 0.557. The number of hydrogen-bond acceptors (Lipinski definition) is 3. The van der Waals surface area contributed by atoms with Crippen molar-refractivity contribution in [2.24, 2.45) is 5.92 Å². The normalized spacial score (nSPS) is 15.3. The molecule has 1 aliphatic rings. The first-order chi connectivity index (χ1) is 10.4. The van der Waals surface area contributed by atoms with Gasteiger partial charge >= 0.3 is 0 Å². The van der Waals surface area contributed by atoms with E-state index < -0.39 is 0 Å². The molecule has 2 rings (SSSR count). The summed E-state index contributed by atoms with van der Waals surface area (Å²) in [4.78, 5) is 27.1. The van der Waals surface area contributed by atoms with E-state index in [2.05, 4.69) is 0 Å². The number of halogens is 1. The van der Waals surface area contributed by atoms with Crippen molar-refractivity contribution >= 4 is 17.4 Å². The zero-order valence-corrected chi connectivity index (χ0v) is 13.4. The fourth-order valence-corrected chi connectivity index (χ4v) is 2.66.